The van der Waals surface area contributed by atoms with Crippen molar-refractivity contribution in [1.82, 2.24) is 4.90 Å². The van der Waals surface area contributed by atoms with Gasteiger partial charge in [-0.25, -0.2) is 0 Å². The van der Waals surface area contributed by atoms with Crippen LogP contribution in [-0.2, 0) is 4.79 Å². The maximum Gasteiger partial charge on any atom is 0.300 e. The van der Waals surface area contributed by atoms with E-state index in [9.17, 15) is 0 Å². The number of rotatable bonds is 11. The Balaban J connectivity index is 0. The Morgan fingerprint density at radius 3 is 1.67 bits per heavy atom. The van der Waals surface area contributed by atoms with Crippen molar-refractivity contribution in [2.24, 2.45) is 5.73 Å². The number of carbonyl (C=O) groups is 1. The third-order valence-electron chi connectivity index (χ3n) is 3.26. The quantitative estimate of drug-likeness (QED) is 0.307. The molecule has 0 spiro atoms. The average molecular weight is 301 g/mol. The largest absolute Gasteiger partial charge is 0.481 e. The number of carboxylic acid groups (broad SMARTS) is 1. The summed E-state index contributed by atoms with van der Waals surface area (Å²) in [6, 6.07) is 0. The molecule has 0 aliphatic heterocycles. The molecule has 0 saturated carbocycles. The first-order valence-corrected chi connectivity index (χ1v) is 8.16. The van der Waals surface area contributed by atoms with E-state index in [4.69, 9.17) is 21.0 Å². The lowest BCUT2D eigenvalue weighted by atomic mass is 10.1. The molecule has 0 aliphatic carbocycles. The van der Waals surface area contributed by atoms with E-state index in [1.54, 1.807) is 0 Å². The normalized spacial score (nSPS) is 9.67. The van der Waals surface area contributed by atoms with Gasteiger partial charge in [0.1, 0.15) is 0 Å². The van der Waals surface area contributed by atoms with Gasteiger partial charge in [0.25, 0.3) is 5.97 Å². The van der Waals surface area contributed by atoms with Crippen LogP contribution in [0.25, 0.3) is 0 Å². The second-order valence-electron chi connectivity index (χ2n) is 5.51. The standard InChI is InChI=1S/C14H31N3.C2H4O2/c1-3-4-5-6-7-8-9-10-11-12-13-17(2)14(15)16;1-2(3)4/h3-13H2,1-2H3,(H3,15,16);1H3,(H,3,4). The molecule has 5 nitrogen and oxygen atoms in total. The van der Waals surface area contributed by atoms with E-state index in [2.05, 4.69) is 6.92 Å². The van der Waals surface area contributed by atoms with Crippen molar-refractivity contribution in [3.8, 4) is 0 Å². The molecule has 0 rings (SSSR count). The number of hydrogen-bond acceptors (Lipinski definition) is 2. The molecule has 0 bridgehead atoms. The molecular formula is C16H35N3O2. The van der Waals surface area contributed by atoms with Crippen LogP contribution in [0.2, 0.25) is 0 Å². The lowest BCUT2D eigenvalue weighted by molar-refractivity contribution is -0.134. The first-order valence-electron chi connectivity index (χ1n) is 8.16. The molecule has 0 aromatic carbocycles. The van der Waals surface area contributed by atoms with Crippen molar-refractivity contribution in [3.63, 3.8) is 0 Å². The summed E-state index contributed by atoms with van der Waals surface area (Å²) in [4.78, 5) is 10.8. The zero-order chi connectivity index (χ0) is 16.5. The average Bonchev–Trinajstić information content (AvgIpc) is 2.40. The molecule has 5 heteroatoms. The van der Waals surface area contributed by atoms with Crippen LogP contribution in [0.5, 0.6) is 0 Å². The predicted octanol–water partition coefficient (Wildman–Crippen LogP) is 3.82. The van der Waals surface area contributed by atoms with E-state index in [0.717, 1.165) is 19.9 Å². The summed E-state index contributed by atoms with van der Waals surface area (Å²) in [5, 5.41) is 14.6. The van der Waals surface area contributed by atoms with Gasteiger partial charge in [0, 0.05) is 20.5 Å². The Morgan fingerprint density at radius 1 is 1.00 bits per heavy atom. The summed E-state index contributed by atoms with van der Waals surface area (Å²) in [6.45, 7) is 4.27. The number of unbranched alkanes of at least 4 members (excludes halogenated alkanes) is 9. The SMILES string of the molecule is CC(=O)O.CCCCCCCCCCCCN(C)C(=N)N. The number of nitrogens with zero attached hydrogens (tertiary/aromatic N) is 1. The molecule has 126 valence electrons. The number of aliphatic carboxylic acids is 1. The van der Waals surface area contributed by atoms with Crippen LogP contribution < -0.4 is 5.73 Å². The van der Waals surface area contributed by atoms with Gasteiger partial charge < -0.3 is 15.7 Å². The molecule has 0 aromatic heterocycles. The van der Waals surface area contributed by atoms with Crippen molar-refractivity contribution in [1.29, 1.82) is 5.41 Å². The monoisotopic (exact) mass is 301 g/mol. The number of guanidine groups is 1. The third kappa shape index (κ3) is 24.2. The van der Waals surface area contributed by atoms with Gasteiger partial charge in [0.05, 0.1) is 0 Å². The van der Waals surface area contributed by atoms with Gasteiger partial charge in [-0.15, -0.1) is 0 Å². The lowest BCUT2D eigenvalue weighted by Crippen LogP contribution is -2.33. The number of nitrogens with one attached hydrogen (secondary N) is 1. The highest BCUT2D eigenvalue weighted by molar-refractivity contribution is 5.74. The van der Waals surface area contributed by atoms with E-state index in [-0.39, 0.29) is 5.96 Å². The van der Waals surface area contributed by atoms with E-state index in [0.29, 0.717) is 0 Å². The van der Waals surface area contributed by atoms with Crippen molar-refractivity contribution >= 4 is 11.9 Å². The summed E-state index contributed by atoms with van der Waals surface area (Å²) >= 11 is 0. The molecule has 4 N–H and O–H groups in total. The van der Waals surface area contributed by atoms with E-state index >= 15 is 0 Å². The first-order chi connectivity index (χ1) is 9.91. The Morgan fingerprint density at radius 2 is 1.33 bits per heavy atom. The molecule has 0 saturated heterocycles. The molecule has 0 radical (unpaired) electrons. The van der Waals surface area contributed by atoms with Crippen molar-refractivity contribution in [3.05, 3.63) is 0 Å². The molecular weight excluding hydrogens is 266 g/mol. The van der Waals surface area contributed by atoms with Gasteiger partial charge in [-0.05, 0) is 6.42 Å². The van der Waals surface area contributed by atoms with Crippen LogP contribution in [0.3, 0.4) is 0 Å². The Labute approximate surface area is 130 Å². The van der Waals surface area contributed by atoms with Gasteiger partial charge in [-0.2, -0.15) is 0 Å². The number of nitrogens with two attached hydrogens (primary N) is 1. The van der Waals surface area contributed by atoms with E-state index in [1.165, 1.54) is 57.8 Å². The molecule has 0 atom stereocenters. The summed E-state index contributed by atoms with van der Waals surface area (Å²) in [7, 11) is 1.88. The number of hydrogen-bond donors (Lipinski definition) is 3. The molecule has 21 heavy (non-hydrogen) atoms. The van der Waals surface area contributed by atoms with Gasteiger partial charge in [0.15, 0.2) is 5.96 Å². The summed E-state index contributed by atoms with van der Waals surface area (Å²) in [6.07, 6.45) is 13.5. The zero-order valence-corrected chi connectivity index (χ0v) is 14.2. The molecule has 0 aromatic rings. The second-order valence-corrected chi connectivity index (χ2v) is 5.51. The summed E-state index contributed by atoms with van der Waals surface area (Å²) < 4.78 is 0. The maximum absolute atomic E-state index is 9.00. The minimum absolute atomic E-state index is 0.181. The molecule has 0 amide bonds. The topological polar surface area (TPSA) is 90.4 Å². The second kappa shape index (κ2) is 16.8. The van der Waals surface area contributed by atoms with Crippen LogP contribution >= 0.6 is 0 Å². The molecule has 0 unspecified atom stereocenters. The van der Waals surface area contributed by atoms with Crippen LogP contribution in [0.1, 0.15) is 78.1 Å². The smallest absolute Gasteiger partial charge is 0.300 e. The number of carboxylic acids is 1. The van der Waals surface area contributed by atoms with Gasteiger partial charge in [-0.1, -0.05) is 64.7 Å². The third-order valence-corrected chi connectivity index (χ3v) is 3.26. The summed E-state index contributed by atoms with van der Waals surface area (Å²) in [5.41, 5.74) is 5.37. The van der Waals surface area contributed by atoms with Crippen molar-refractivity contribution in [2.75, 3.05) is 13.6 Å². The van der Waals surface area contributed by atoms with Gasteiger partial charge in [-0.3, -0.25) is 10.2 Å². The zero-order valence-electron chi connectivity index (χ0n) is 14.2. The van der Waals surface area contributed by atoms with Crippen LogP contribution in [-0.4, -0.2) is 35.5 Å². The maximum atomic E-state index is 9.00. The van der Waals surface area contributed by atoms with Crippen molar-refractivity contribution < 1.29 is 9.90 Å². The van der Waals surface area contributed by atoms with E-state index in [1.807, 2.05) is 11.9 Å². The minimum atomic E-state index is -0.833. The molecule has 0 heterocycles. The Kier molecular flexibility index (Phi) is 17.6. The van der Waals surface area contributed by atoms with Gasteiger partial charge in [0.2, 0.25) is 0 Å². The molecule has 0 aliphatic rings. The van der Waals surface area contributed by atoms with E-state index < -0.39 is 5.97 Å². The van der Waals surface area contributed by atoms with Gasteiger partial charge >= 0.3 is 0 Å². The lowest BCUT2D eigenvalue weighted by Gasteiger charge is -2.15. The highest BCUT2D eigenvalue weighted by Gasteiger charge is 1.98. The first kappa shape index (κ1) is 22.0. The highest BCUT2D eigenvalue weighted by Crippen LogP contribution is 2.10. The Bertz CT molecular complexity index is 254. The highest BCUT2D eigenvalue weighted by atomic mass is 16.4. The van der Waals surface area contributed by atoms with Crippen LogP contribution in [0.15, 0.2) is 0 Å². The predicted molar refractivity (Wildman–Crippen MR) is 89.7 cm³/mol. The fourth-order valence-electron chi connectivity index (χ4n) is 1.96. The van der Waals surface area contributed by atoms with Crippen LogP contribution in [0.4, 0.5) is 0 Å². The fraction of sp³-hybridized carbons (Fsp3) is 0.875. The van der Waals surface area contributed by atoms with Crippen LogP contribution in [0, 0.1) is 5.41 Å². The fourth-order valence-corrected chi connectivity index (χ4v) is 1.96. The Hall–Kier alpha value is -1.26. The minimum Gasteiger partial charge on any atom is -0.481 e. The van der Waals surface area contributed by atoms with Crippen molar-refractivity contribution in [2.45, 2.75) is 78.1 Å². The molecule has 0 fully saturated rings. The summed E-state index contributed by atoms with van der Waals surface area (Å²) in [5.74, 6) is -0.652.